The summed E-state index contributed by atoms with van der Waals surface area (Å²) in [6.07, 6.45) is 2.52. The standard InChI is InChI=1S/C29H37FN4O2S/c1-29(2,3)24-11-9-21(10-12-24)27-32-26(36-33-27)19-34-16-13-22(14-17-34)28(35)31-15-6-18-37-20-23-7-4-5-8-25(23)30/h4-5,7-12,22H,6,13-20H2,1-3H3,(H,31,35). The van der Waals surface area contributed by atoms with Crippen LogP contribution in [-0.2, 0) is 22.5 Å². The van der Waals surface area contributed by atoms with Crippen molar-refractivity contribution in [3.8, 4) is 11.4 Å². The van der Waals surface area contributed by atoms with Crippen LogP contribution in [0.25, 0.3) is 11.4 Å². The van der Waals surface area contributed by atoms with Crippen molar-refractivity contribution in [2.24, 2.45) is 5.92 Å². The first-order valence-electron chi connectivity index (χ1n) is 13.0. The highest BCUT2D eigenvalue weighted by Crippen LogP contribution is 2.25. The summed E-state index contributed by atoms with van der Waals surface area (Å²) in [6.45, 7) is 9.49. The monoisotopic (exact) mass is 524 g/mol. The number of thioether (sulfide) groups is 1. The number of likely N-dealkylation sites (tertiary alicyclic amines) is 1. The number of carbonyl (C=O) groups excluding carboxylic acids is 1. The molecule has 1 amide bonds. The molecule has 1 aromatic heterocycles. The molecule has 1 aliphatic rings. The van der Waals surface area contributed by atoms with Crippen molar-refractivity contribution in [3.05, 3.63) is 71.4 Å². The van der Waals surface area contributed by atoms with Crippen LogP contribution in [-0.4, -0.2) is 46.3 Å². The minimum atomic E-state index is -0.153. The van der Waals surface area contributed by atoms with E-state index in [0.29, 0.717) is 30.6 Å². The van der Waals surface area contributed by atoms with Gasteiger partial charge in [-0.1, -0.05) is 68.4 Å². The van der Waals surface area contributed by atoms with Crippen molar-refractivity contribution in [3.63, 3.8) is 0 Å². The zero-order chi connectivity index (χ0) is 26.3. The van der Waals surface area contributed by atoms with Crippen molar-refractivity contribution in [1.29, 1.82) is 0 Å². The highest BCUT2D eigenvalue weighted by molar-refractivity contribution is 7.98. The van der Waals surface area contributed by atoms with E-state index in [2.05, 4.69) is 53.3 Å². The fourth-order valence-corrected chi connectivity index (χ4v) is 5.37. The van der Waals surface area contributed by atoms with Gasteiger partial charge in [-0.3, -0.25) is 9.69 Å². The first-order valence-corrected chi connectivity index (χ1v) is 14.2. The lowest BCUT2D eigenvalue weighted by Gasteiger charge is -2.30. The summed E-state index contributed by atoms with van der Waals surface area (Å²) in [4.78, 5) is 19.4. The van der Waals surface area contributed by atoms with E-state index in [4.69, 9.17) is 4.52 Å². The maximum atomic E-state index is 13.7. The summed E-state index contributed by atoms with van der Waals surface area (Å²) in [6, 6.07) is 15.2. The molecule has 0 atom stereocenters. The van der Waals surface area contributed by atoms with Crippen molar-refractivity contribution in [1.82, 2.24) is 20.4 Å². The molecule has 1 N–H and O–H groups in total. The van der Waals surface area contributed by atoms with E-state index < -0.39 is 0 Å². The lowest BCUT2D eigenvalue weighted by molar-refractivity contribution is -0.126. The topological polar surface area (TPSA) is 71.3 Å². The number of amides is 1. The summed E-state index contributed by atoms with van der Waals surface area (Å²) in [5.41, 5.74) is 3.05. The van der Waals surface area contributed by atoms with Crippen LogP contribution >= 0.6 is 11.8 Å². The van der Waals surface area contributed by atoms with Gasteiger partial charge in [-0.05, 0) is 60.7 Å². The second-order valence-electron chi connectivity index (χ2n) is 10.7. The fraction of sp³-hybridized carbons (Fsp3) is 0.483. The lowest BCUT2D eigenvalue weighted by Crippen LogP contribution is -2.40. The quantitative estimate of drug-likeness (QED) is 0.337. The van der Waals surface area contributed by atoms with Gasteiger partial charge in [-0.15, -0.1) is 0 Å². The molecule has 6 nitrogen and oxygen atoms in total. The second-order valence-corrected chi connectivity index (χ2v) is 11.8. The second kappa shape index (κ2) is 12.7. The largest absolute Gasteiger partial charge is 0.356 e. The number of carbonyl (C=O) groups is 1. The Bertz CT molecular complexity index is 1150. The van der Waals surface area contributed by atoms with Crippen molar-refractivity contribution < 1.29 is 13.7 Å². The van der Waals surface area contributed by atoms with Crippen LogP contribution in [0.4, 0.5) is 4.39 Å². The maximum Gasteiger partial charge on any atom is 0.241 e. The van der Waals surface area contributed by atoms with E-state index in [1.807, 2.05) is 24.3 Å². The molecule has 0 radical (unpaired) electrons. The first-order chi connectivity index (χ1) is 17.8. The van der Waals surface area contributed by atoms with Gasteiger partial charge in [-0.2, -0.15) is 16.7 Å². The third-order valence-corrected chi connectivity index (χ3v) is 7.87. The van der Waals surface area contributed by atoms with Crippen LogP contribution in [0.3, 0.4) is 0 Å². The van der Waals surface area contributed by atoms with Gasteiger partial charge in [0.2, 0.25) is 17.6 Å². The average molecular weight is 525 g/mol. The molecule has 0 bridgehead atoms. The molecule has 1 aliphatic heterocycles. The highest BCUT2D eigenvalue weighted by atomic mass is 32.2. The SMILES string of the molecule is CC(C)(C)c1ccc(-c2noc(CN3CCC(C(=O)NCCCSCc4ccccc4F)CC3)n2)cc1. The van der Waals surface area contributed by atoms with Crippen LogP contribution in [0.5, 0.6) is 0 Å². The maximum absolute atomic E-state index is 13.7. The van der Waals surface area contributed by atoms with Crippen LogP contribution in [0.2, 0.25) is 0 Å². The molecule has 0 unspecified atom stereocenters. The smallest absolute Gasteiger partial charge is 0.241 e. The Kier molecular flexibility index (Phi) is 9.38. The zero-order valence-corrected chi connectivity index (χ0v) is 22.8. The summed E-state index contributed by atoms with van der Waals surface area (Å²) in [5.74, 6) is 2.78. The number of nitrogens with one attached hydrogen (secondary N) is 1. The number of hydrogen-bond donors (Lipinski definition) is 1. The molecule has 37 heavy (non-hydrogen) atoms. The van der Waals surface area contributed by atoms with Crippen LogP contribution in [0.15, 0.2) is 53.1 Å². The minimum Gasteiger partial charge on any atom is -0.356 e. The van der Waals surface area contributed by atoms with Crippen molar-refractivity contribution >= 4 is 17.7 Å². The van der Waals surface area contributed by atoms with E-state index in [9.17, 15) is 9.18 Å². The normalized spacial score (nSPS) is 15.1. The third-order valence-electron chi connectivity index (χ3n) is 6.77. The van der Waals surface area contributed by atoms with Gasteiger partial charge < -0.3 is 9.84 Å². The molecule has 0 aliphatic carbocycles. The van der Waals surface area contributed by atoms with E-state index in [1.165, 1.54) is 11.6 Å². The predicted molar refractivity (Wildman–Crippen MR) is 147 cm³/mol. The Morgan fingerprint density at radius 2 is 1.86 bits per heavy atom. The molecule has 2 aromatic carbocycles. The number of hydrogen-bond acceptors (Lipinski definition) is 6. The summed E-state index contributed by atoms with van der Waals surface area (Å²) in [7, 11) is 0. The molecule has 0 saturated carbocycles. The Labute approximate surface area is 223 Å². The summed E-state index contributed by atoms with van der Waals surface area (Å²) in [5, 5.41) is 7.24. The van der Waals surface area contributed by atoms with Gasteiger partial charge >= 0.3 is 0 Å². The number of aromatic nitrogens is 2. The Hall–Kier alpha value is -2.71. The number of halogens is 1. The predicted octanol–water partition coefficient (Wildman–Crippen LogP) is 5.82. The Morgan fingerprint density at radius 3 is 2.57 bits per heavy atom. The van der Waals surface area contributed by atoms with Crippen molar-refractivity contribution in [2.75, 3.05) is 25.4 Å². The molecule has 0 spiro atoms. The summed E-state index contributed by atoms with van der Waals surface area (Å²) >= 11 is 1.69. The zero-order valence-electron chi connectivity index (χ0n) is 22.0. The van der Waals surface area contributed by atoms with E-state index in [0.717, 1.165) is 49.2 Å². The van der Waals surface area contributed by atoms with Crippen LogP contribution in [0.1, 0.15) is 57.1 Å². The van der Waals surface area contributed by atoms with Gasteiger partial charge in [0.05, 0.1) is 6.54 Å². The summed E-state index contributed by atoms with van der Waals surface area (Å²) < 4.78 is 19.2. The fourth-order valence-electron chi connectivity index (χ4n) is 4.43. The third kappa shape index (κ3) is 7.89. The molecule has 3 aromatic rings. The van der Waals surface area contributed by atoms with Gasteiger partial charge in [0.15, 0.2) is 0 Å². The van der Waals surface area contributed by atoms with Crippen LogP contribution in [0, 0.1) is 11.7 Å². The number of rotatable bonds is 10. The molecule has 2 heterocycles. The van der Waals surface area contributed by atoms with E-state index >= 15 is 0 Å². The van der Waals surface area contributed by atoms with Gasteiger partial charge in [0, 0.05) is 23.8 Å². The molecule has 1 fully saturated rings. The van der Waals surface area contributed by atoms with Crippen LogP contribution < -0.4 is 5.32 Å². The number of benzene rings is 2. The van der Waals surface area contributed by atoms with Gasteiger partial charge in [0.25, 0.3) is 0 Å². The molecule has 8 heteroatoms. The average Bonchev–Trinajstić information content (AvgIpc) is 3.35. The van der Waals surface area contributed by atoms with Gasteiger partial charge in [-0.25, -0.2) is 4.39 Å². The molecule has 198 valence electrons. The van der Waals surface area contributed by atoms with E-state index in [-0.39, 0.29) is 23.1 Å². The minimum absolute atomic E-state index is 0.0434. The van der Waals surface area contributed by atoms with E-state index in [1.54, 1.807) is 17.8 Å². The molecular formula is C29H37FN4O2S. The lowest BCUT2D eigenvalue weighted by atomic mass is 9.87. The Morgan fingerprint density at radius 1 is 1.14 bits per heavy atom. The first kappa shape index (κ1) is 27.3. The number of piperidine rings is 1. The Balaban J connectivity index is 1.13. The number of nitrogens with zero attached hydrogens (tertiary/aromatic N) is 3. The molecule has 1 saturated heterocycles. The highest BCUT2D eigenvalue weighted by Gasteiger charge is 2.26. The molecular weight excluding hydrogens is 487 g/mol. The van der Waals surface area contributed by atoms with Gasteiger partial charge in [0.1, 0.15) is 5.82 Å². The molecule has 4 rings (SSSR count). The van der Waals surface area contributed by atoms with Crippen molar-refractivity contribution in [2.45, 2.75) is 57.7 Å².